The summed E-state index contributed by atoms with van der Waals surface area (Å²) >= 11 is 0. The van der Waals surface area contributed by atoms with Crippen LogP contribution >= 0.6 is 0 Å². The molecular formula is C15H20N2O4. The highest BCUT2D eigenvalue weighted by atomic mass is 16.4. The van der Waals surface area contributed by atoms with Crippen LogP contribution in [0.25, 0.3) is 0 Å². The van der Waals surface area contributed by atoms with E-state index in [1.165, 1.54) is 19.2 Å². The number of carbonyl (C=O) groups is 3. The Morgan fingerprint density at radius 2 is 2.10 bits per heavy atom. The fourth-order valence-corrected chi connectivity index (χ4v) is 2.93. The second-order valence-corrected chi connectivity index (χ2v) is 5.87. The molecule has 0 aromatic carbocycles. The molecular weight excluding hydrogens is 272 g/mol. The number of aliphatic carboxylic acids is 1. The van der Waals surface area contributed by atoms with Gasteiger partial charge in [0.1, 0.15) is 5.69 Å². The van der Waals surface area contributed by atoms with Crippen LogP contribution < -0.4 is 5.32 Å². The third-order valence-electron chi connectivity index (χ3n) is 4.24. The highest BCUT2D eigenvalue weighted by Crippen LogP contribution is 2.34. The van der Waals surface area contributed by atoms with Gasteiger partial charge in [-0.1, -0.05) is 12.8 Å². The lowest BCUT2D eigenvalue weighted by Crippen LogP contribution is -2.55. The van der Waals surface area contributed by atoms with Gasteiger partial charge in [-0.3, -0.25) is 14.4 Å². The van der Waals surface area contributed by atoms with E-state index in [4.69, 9.17) is 0 Å². The van der Waals surface area contributed by atoms with Crippen molar-refractivity contribution in [3.05, 3.63) is 23.5 Å². The first-order valence-electron chi connectivity index (χ1n) is 7.08. The van der Waals surface area contributed by atoms with Gasteiger partial charge in [0.15, 0.2) is 5.78 Å². The van der Waals surface area contributed by atoms with Crippen molar-refractivity contribution in [3.8, 4) is 0 Å². The third-order valence-corrected chi connectivity index (χ3v) is 4.24. The predicted molar refractivity (Wildman–Crippen MR) is 76.3 cm³/mol. The van der Waals surface area contributed by atoms with Crippen molar-refractivity contribution in [3.63, 3.8) is 0 Å². The summed E-state index contributed by atoms with van der Waals surface area (Å²) in [6, 6.07) is 1.49. The molecule has 1 heterocycles. The van der Waals surface area contributed by atoms with Crippen LogP contribution in [0.3, 0.4) is 0 Å². The minimum absolute atomic E-state index is 0.127. The summed E-state index contributed by atoms with van der Waals surface area (Å²) in [5.74, 6) is -1.97. The van der Waals surface area contributed by atoms with Gasteiger partial charge in [0, 0.05) is 11.8 Å². The van der Waals surface area contributed by atoms with Crippen LogP contribution in [0.15, 0.2) is 12.3 Å². The number of aromatic amines is 1. The molecule has 1 aromatic heterocycles. The summed E-state index contributed by atoms with van der Waals surface area (Å²) in [6.07, 6.45) is 4.43. The molecule has 0 aliphatic heterocycles. The van der Waals surface area contributed by atoms with Crippen molar-refractivity contribution in [2.75, 3.05) is 0 Å². The molecule has 1 amide bonds. The lowest BCUT2D eigenvalue weighted by molar-refractivity contribution is -0.145. The maximum absolute atomic E-state index is 12.3. The maximum atomic E-state index is 12.3. The Balaban J connectivity index is 2.15. The molecule has 21 heavy (non-hydrogen) atoms. The zero-order valence-electron chi connectivity index (χ0n) is 12.2. The Morgan fingerprint density at radius 3 is 2.67 bits per heavy atom. The number of rotatable bonds is 4. The fourth-order valence-electron chi connectivity index (χ4n) is 2.93. The number of H-pyrrole nitrogens is 1. The van der Waals surface area contributed by atoms with Crippen molar-refractivity contribution in [2.45, 2.75) is 45.1 Å². The first kappa shape index (κ1) is 15.3. The van der Waals surface area contributed by atoms with E-state index in [2.05, 4.69) is 10.3 Å². The van der Waals surface area contributed by atoms with Crippen LogP contribution in [0.1, 0.15) is 60.4 Å². The number of aromatic nitrogens is 1. The number of amides is 1. The molecule has 1 fully saturated rings. The topological polar surface area (TPSA) is 99.3 Å². The summed E-state index contributed by atoms with van der Waals surface area (Å²) in [4.78, 5) is 37.7. The number of Topliss-reactive ketones (excluding diaryl/α,β-unsaturated/α-hetero) is 1. The van der Waals surface area contributed by atoms with Crippen LogP contribution in [0, 0.1) is 5.92 Å². The number of ketones is 1. The van der Waals surface area contributed by atoms with Crippen LogP contribution in [0.5, 0.6) is 0 Å². The molecule has 0 radical (unpaired) electrons. The largest absolute Gasteiger partial charge is 0.481 e. The Labute approximate surface area is 122 Å². The van der Waals surface area contributed by atoms with Gasteiger partial charge in [0.05, 0.1) is 11.5 Å². The van der Waals surface area contributed by atoms with Crippen molar-refractivity contribution in [1.29, 1.82) is 0 Å². The smallest absolute Gasteiger partial charge is 0.308 e. The summed E-state index contributed by atoms with van der Waals surface area (Å²) in [6.45, 7) is 3.20. The first-order chi connectivity index (χ1) is 9.83. The fraction of sp³-hybridized carbons (Fsp3) is 0.533. The first-order valence-corrected chi connectivity index (χ1v) is 7.08. The average Bonchev–Trinajstić information content (AvgIpc) is 2.88. The second-order valence-electron chi connectivity index (χ2n) is 5.87. The second kappa shape index (κ2) is 5.71. The molecule has 114 valence electrons. The molecule has 0 spiro atoms. The van der Waals surface area contributed by atoms with E-state index in [0.29, 0.717) is 18.4 Å². The molecule has 0 bridgehead atoms. The molecule has 2 unspecified atom stereocenters. The van der Waals surface area contributed by atoms with Crippen LogP contribution in [0.4, 0.5) is 0 Å². The number of hydrogen-bond donors (Lipinski definition) is 3. The van der Waals surface area contributed by atoms with E-state index in [1.54, 1.807) is 6.92 Å². The molecule has 2 atom stereocenters. The third kappa shape index (κ3) is 3.15. The lowest BCUT2D eigenvalue weighted by Gasteiger charge is -2.39. The molecule has 1 aliphatic carbocycles. The average molecular weight is 292 g/mol. The zero-order valence-corrected chi connectivity index (χ0v) is 12.2. The quantitative estimate of drug-likeness (QED) is 0.739. The molecule has 1 aromatic rings. The highest BCUT2D eigenvalue weighted by molar-refractivity contribution is 5.99. The SMILES string of the molecule is CC(=O)c1c[nH]c(C(=O)NC2(C)CCCCC2C(=O)O)c1. The summed E-state index contributed by atoms with van der Waals surface area (Å²) in [5.41, 5.74) is -0.0530. The van der Waals surface area contributed by atoms with E-state index in [-0.39, 0.29) is 17.4 Å². The number of carbonyl (C=O) groups excluding carboxylic acids is 2. The molecule has 1 saturated carbocycles. The van der Waals surface area contributed by atoms with Gasteiger partial charge in [-0.25, -0.2) is 0 Å². The Morgan fingerprint density at radius 1 is 1.38 bits per heavy atom. The van der Waals surface area contributed by atoms with E-state index < -0.39 is 17.4 Å². The number of hydrogen-bond acceptors (Lipinski definition) is 3. The Hall–Kier alpha value is -2.11. The van der Waals surface area contributed by atoms with Gasteiger partial charge >= 0.3 is 5.97 Å². The molecule has 2 rings (SSSR count). The monoisotopic (exact) mass is 292 g/mol. The van der Waals surface area contributed by atoms with Gasteiger partial charge in [0.25, 0.3) is 5.91 Å². The number of nitrogens with one attached hydrogen (secondary N) is 2. The van der Waals surface area contributed by atoms with Gasteiger partial charge < -0.3 is 15.4 Å². The van der Waals surface area contributed by atoms with Gasteiger partial charge in [-0.2, -0.15) is 0 Å². The lowest BCUT2D eigenvalue weighted by atomic mass is 9.74. The zero-order chi connectivity index (χ0) is 15.6. The molecule has 1 aliphatic rings. The van der Waals surface area contributed by atoms with Gasteiger partial charge in [-0.15, -0.1) is 0 Å². The summed E-state index contributed by atoms with van der Waals surface area (Å²) in [7, 11) is 0. The van der Waals surface area contributed by atoms with Gasteiger partial charge in [-0.05, 0) is 32.8 Å². The van der Waals surface area contributed by atoms with Crippen molar-refractivity contribution in [1.82, 2.24) is 10.3 Å². The van der Waals surface area contributed by atoms with E-state index in [1.807, 2.05) is 0 Å². The molecule has 0 saturated heterocycles. The Kier molecular flexibility index (Phi) is 4.16. The maximum Gasteiger partial charge on any atom is 0.308 e. The van der Waals surface area contributed by atoms with Crippen LogP contribution in [-0.4, -0.2) is 33.3 Å². The predicted octanol–water partition coefficient (Wildman–Crippen LogP) is 1.98. The van der Waals surface area contributed by atoms with Crippen molar-refractivity contribution < 1.29 is 19.5 Å². The highest BCUT2D eigenvalue weighted by Gasteiger charge is 2.42. The van der Waals surface area contributed by atoms with Crippen molar-refractivity contribution >= 4 is 17.7 Å². The van der Waals surface area contributed by atoms with E-state index >= 15 is 0 Å². The minimum Gasteiger partial charge on any atom is -0.481 e. The standard InChI is InChI=1S/C15H20N2O4/c1-9(18)10-7-12(16-8-10)13(19)17-15(2)6-4-3-5-11(15)14(20)21/h7-8,11,16H,3-6H2,1-2H3,(H,17,19)(H,20,21). The summed E-state index contributed by atoms with van der Waals surface area (Å²) < 4.78 is 0. The molecule has 3 N–H and O–H groups in total. The number of carboxylic acids is 1. The van der Waals surface area contributed by atoms with Crippen LogP contribution in [0.2, 0.25) is 0 Å². The van der Waals surface area contributed by atoms with Crippen molar-refractivity contribution in [2.24, 2.45) is 5.92 Å². The van der Waals surface area contributed by atoms with E-state index in [0.717, 1.165) is 12.8 Å². The normalized spacial score (nSPS) is 25.3. The Bertz CT molecular complexity index is 578. The van der Waals surface area contributed by atoms with Crippen LogP contribution in [-0.2, 0) is 4.79 Å². The minimum atomic E-state index is -0.881. The number of carboxylic acid groups (broad SMARTS) is 1. The molecule has 6 nitrogen and oxygen atoms in total. The van der Waals surface area contributed by atoms with E-state index in [9.17, 15) is 19.5 Å². The summed E-state index contributed by atoms with van der Waals surface area (Å²) in [5, 5.41) is 12.2. The van der Waals surface area contributed by atoms with Gasteiger partial charge in [0.2, 0.25) is 0 Å². The molecule has 6 heteroatoms.